The van der Waals surface area contributed by atoms with E-state index in [4.69, 9.17) is 5.73 Å². The van der Waals surface area contributed by atoms with Crippen LogP contribution in [-0.2, 0) is 0 Å². The summed E-state index contributed by atoms with van der Waals surface area (Å²) in [5, 5.41) is 0.331. The monoisotopic (exact) mass is 190 g/mol. The van der Waals surface area contributed by atoms with Gasteiger partial charge in [-0.2, -0.15) is 0 Å². The Labute approximate surface area is 78.2 Å². The van der Waals surface area contributed by atoms with Crippen LogP contribution in [0.5, 0.6) is 0 Å². The number of aromatic nitrogens is 1. The maximum absolute atomic E-state index is 11.3. The highest BCUT2D eigenvalue weighted by molar-refractivity contribution is 5.90. The predicted octanol–water partition coefficient (Wildman–Crippen LogP) is 0.287. The van der Waals surface area contributed by atoms with Gasteiger partial charge in [-0.1, -0.05) is 12.1 Å². The summed E-state index contributed by atoms with van der Waals surface area (Å²) >= 11 is 0. The number of para-hydroxylation sites is 1. The molecule has 2 aromatic rings. The molecule has 70 valence electrons. The van der Waals surface area contributed by atoms with E-state index in [1.165, 1.54) is 0 Å². The van der Waals surface area contributed by atoms with E-state index in [0.717, 1.165) is 0 Å². The zero-order valence-electron chi connectivity index (χ0n) is 7.06. The molecule has 5 nitrogen and oxygen atoms in total. The molecule has 0 spiro atoms. The molecule has 1 aromatic carbocycles. The summed E-state index contributed by atoms with van der Waals surface area (Å²) in [6.07, 6.45) is 0. The average Bonchev–Trinajstić information content (AvgIpc) is 2.17. The largest absolute Gasteiger partial charge is 0.398 e. The van der Waals surface area contributed by atoms with Crippen LogP contribution in [0.2, 0.25) is 0 Å². The molecule has 0 atom stereocenters. The lowest BCUT2D eigenvalue weighted by atomic mass is 10.2. The van der Waals surface area contributed by atoms with Crippen LogP contribution in [0.25, 0.3) is 10.9 Å². The number of hydrogen-bond acceptors (Lipinski definition) is 4. The molecule has 0 radical (unpaired) electrons. The molecular weight excluding hydrogens is 184 g/mol. The average molecular weight is 190 g/mol. The van der Waals surface area contributed by atoms with E-state index < -0.39 is 11.5 Å². The first-order chi connectivity index (χ1) is 6.68. The first-order valence-corrected chi connectivity index (χ1v) is 3.88. The third-order valence-corrected chi connectivity index (χ3v) is 1.75. The number of primary amides is 1. The second kappa shape index (κ2) is 2.95. The lowest BCUT2D eigenvalue weighted by Crippen LogP contribution is -2.16. The Balaban J connectivity index is 2.86. The Morgan fingerprint density at radius 1 is 1.36 bits per heavy atom. The Hall–Kier alpha value is -2.17. The van der Waals surface area contributed by atoms with Gasteiger partial charge in [-0.3, -0.25) is 4.79 Å². The summed E-state index contributed by atoms with van der Waals surface area (Å²) in [7, 11) is 0. The molecule has 1 heterocycles. The maximum atomic E-state index is 11.3. The van der Waals surface area contributed by atoms with Gasteiger partial charge in [0.15, 0.2) is 0 Å². The van der Waals surface area contributed by atoms with E-state index in [1.54, 1.807) is 24.3 Å². The second-order valence-electron chi connectivity index (χ2n) is 2.69. The van der Waals surface area contributed by atoms with Gasteiger partial charge in [0, 0.05) is 0 Å². The van der Waals surface area contributed by atoms with Gasteiger partial charge >= 0.3 is 11.5 Å². The highest BCUT2D eigenvalue weighted by atomic mass is 16.4. The number of hydrogen-bond donors (Lipinski definition) is 1. The highest BCUT2D eigenvalue weighted by Gasteiger charge is 2.09. The number of benzene rings is 1. The molecule has 0 aliphatic heterocycles. The quantitative estimate of drug-likeness (QED) is 0.700. The van der Waals surface area contributed by atoms with Crippen molar-refractivity contribution in [3.05, 3.63) is 40.6 Å². The Morgan fingerprint density at radius 3 is 2.79 bits per heavy atom. The van der Waals surface area contributed by atoms with Crippen molar-refractivity contribution >= 4 is 16.8 Å². The van der Waals surface area contributed by atoms with Gasteiger partial charge in [0.2, 0.25) is 0 Å². The minimum Gasteiger partial charge on any atom is -0.398 e. The smallest absolute Gasteiger partial charge is 0.347 e. The summed E-state index contributed by atoms with van der Waals surface area (Å²) in [5.74, 6) is -1.22. The van der Waals surface area contributed by atoms with Gasteiger partial charge < -0.3 is 10.2 Å². The Kier molecular flexibility index (Phi) is 1.78. The van der Waals surface area contributed by atoms with Crippen molar-refractivity contribution in [3.8, 4) is 0 Å². The number of carbonyl (C=O) groups is 1. The molecule has 2 rings (SSSR count). The summed E-state index contributed by atoms with van der Waals surface area (Å²) in [5.41, 5.74) is 4.73. The minimum absolute atomic E-state index is 0.331. The van der Waals surface area contributed by atoms with Crippen LogP contribution in [0, 0.1) is 0 Å². The normalized spacial score (nSPS) is 10.3. The van der Waals surface area contributed by atoms with Gasteiger partial charge in [0.05, 0.1) is 10.9 Å². The van der Waals surface area contributed by atoms with Crippen molar-refractivity contribution in [3.63, 3.8) is 0 Å². The molecule has 1 amide bonds. The molecule has 1 aromatic heterocycles. The van der Waals surface area contributed by atoms with Crippen molar-refractivity contribution in [2.24, 2.45) is 5.73 Å². The molecule has 14 heavy (non-hydrogen) atoms. The Morgan fingerprint density at radius 2 is 2.07 bits per heavy atom. The summed E-state index contributed by atoms with van der Waals surface area (Å²) in [6.45, 7) is 0. The number of nitrogens with two attached hydrogens (primary N) is 1. The lowest BCUT2D eigenvalue weighted by molar-refractivity contribution is 0.0962. The molecule has 0 fully saturated rings. The summed E-state index contributed by atoms with van der Waals surface area (Å²) < 4.78 is 4.61. The fourth-order valence-electron chi connectivity index (χ4n) is 1.12. The molecule has 2 N–H and O–H groups in total. The lowest BCUT2D eigenvalue weighted by Gasteiger charge is -1.96. The third-order valence-electron chi connectivity index (χ3n) is 1.75. The van der Waals surface area contributed by atoms with Crippen molar-refractivity contribution in [2.75, 3.05) is 0 Å². The molecule has 0 unspecified atom stereocenters. The van der Waals surface area contributed by atoms with Gasteiger partial charge in [-0.15, -0.1) is 0 Å². The first kappa shape index (κ1) is 8.43. The number of carbonyl (C=O) groups excluding carboxylic acids is 1. The third kappa shape index (κ3) is 1.24. The van der Waals surface area contributed by atoms with Gasteiger partial charge in [0.1, 0.15) is 0 Å². The van der Waals surface area contributed by atoms with Crippen molar-refractivity contribution in [2.45, 2.75) is 0 Å². The van der Waals surface area contributed by atoms with Gasteiger partial charge in [-0.05, 0) is 12.1 Å². The Bertz CT molecular complexity index is 559. The molecule has 0 aliphatic carbocycles. The zero-order valence-corrected chi connectivity index (χ0v) is 7.06. The topological polar surface area (TPSA) is 86.2 Å². The molecule has 5 heteroatoms. The van der Waals surface area contributed by atoms with Gasteiger partial charge in [-0.25, -0.2) is 9.78 Å². The van der Waals surface area contributed by atoms with E-state index in [9.17, 15) is 9.59 Å². The second-order valence-corrected chi connectivity index (χ2v) is 2.69. The van der Waals surface area contributed by atoms with Crippen molar-refractivity contribution in [1.82, 2.24) is 4.98 Å². The maximum Gasteiger partial charge on any atom is 0.347 e. The van der Waals surface area contributed by atoms with Crippen LogP contribution in [0.3, 0.4) is 0 Å². The predicted molar refractivity (Wildman–Crippen MR) is 48.8 cm³/mol. The molecular formula is C9H6N2O3. The van der Waals surface area contributed by atoms with Crippen LogP contribution in [0.1, 0.15) is 10.7 Å². The zero-order chi connectivity index (χ0) is 10.1. The number of nitrogens with zero attached hydrogens (tertiary/aromatic N) is 1. The molecule has 0 saturated heterocycles. The first-order valence-electron chi connectivity index (χ1n) is 3.88. The SMILES string of the molecule is NC(=O)c1nc2ccccc2c(=O)o1. The van der Waals surface area contributed by atoms with Crippen molar-refractivity contribution < 1.29 is 9.21 Å². The van der Waals surface area contributed by atoms with E-state index in [1.807, 2.05) is 0 Å². The molecule has 0 saturated carbocycles. The number of fused-ring (bicyclic) bond motifs is 1. The summed E-state index contributed by atoms with van der Waals surface area (Å²) in [6, 6.07) is 6.57. The van der Waals surface area contributed by atoms with Gasteiger partial charge in [0.25, 0.3) is 5.89 Å². The van der Waals surface area contributed by atoms with Crippen LogP contribution < -0.4 is 11.4 Å². The minimum atomic E-state index is -0.854. The van der Waals surface area contributed by atoms with Crippen LogP contribution in [0.4, 0.5) is 0 Å². The van der Waals surface area contributed by atoms with Crippen LogP contribution in [0.15, 0.2) is 33.5 Å². The van der Waals surface area contributed by atoms with E-state index >= 15 is 0 Å². The van der Waals surface area contributed by atoms with E-state index in [2.05, 4.69) is 9.40 Å². The highest BCUT2D eigenvalue weighted by Crippen LogP contribution is 2.06. The summed E-state index contributed by atoms with van der Waals surface area (Å²) in [4.78, 5) is 25.8. The van der Waals surface area contributed by atoms with E-state index in [-0.39, 0.29) is 5.89 Å². The molecule has 0 bridgehead atoms. The van der Waals surface area contributed by atoms with Crippen molar-refractivity contribution in [1.29, 1.82) is 0 Å². The number of rotatable bonds is 1. The standard InChI is InChI=1S/C9H6N2O3/c10-7(12)8-11-6-4-2-1-3-5(6)9(13)14-8/h1-4H,(H2,10,12). The van der Waals surface area contributed by atoms with Crippen LogP contribution >= 0.6 is 0 Å². The van der Waals surface area contributed by atoms with E-state index in [0.29, 0.717) is 10.9 Å². The molecule has 0 aliphatic rings. The number of amides is 1. The van der Waals surface area contributed by atoms with Crippen LogP contribution in [-0.4, -0.2) is 10.9 Å². The fraction of sp³-hybridized carbons (Fsp3) is 0. The fourth-order valence-corrected chi connectivity index (χ4v) is 1.12.